The van der Waals surface area contributed by atoms with Gasteiger partial charge in [0, 0.05) is 19.1 Å². The van der Waals surface area contributed by atoms with Gasteiger partial charge in [-0.05, 0) is 24.9 Å². The predicted molar refractivity (Wildman–Crippen MR) is 68.7 cm³/mol. The third-order valence-corrected chi connectivity index (χ3v) is 3.47. The SMILES string of the molecule is Cc1ccc(CNC2[C@H](F)CNC[C@@H]2C)cc1. The lowest BCUT2D eigenvalue weighted by Gasteiger charge is -2.33. The van der Waals surface area contributed by atoms with Crippen molar-refractivity contribution in [2.45, 2.75) is 32.6 Å². The van der Waals surface area contributed by atoms with E-state index in [9.17, 15) is 4.39 Å². The molecule has 2 rings (SSSR count). The lowest BCUT2D eigenvalue weighted by atomic mass is 9.93. The van der Waals surface area contributed by atoms with Crippen LogP contribution in [-0.2, 0) is 6.54 Å². The third kappa shape index (κ3) is 3.27. The summed E-state index contributed by atoms with van der Waals surface area (Å²) in [6.45, 7) is 6.27. The van der Waals surface area contributed by atoms with Gasteiger partial charge in [-0.25, -0.2) is 4.39 Å². The van der Waals surface area contributed by atoms with Crippen molar-refractivity contribution in [3.8, 4) is 0 Å². The molecule has 3 atom stereocenters. The van der Waals surface area contributed by atoms with Crippen LogP contribution in [0.1, 0.15) is 18.1 Å². The van der Waals surface area contributed by atoms with Gasteiger partial charge in [-0.15, -0.1) is 0 Å². The normalized spacial score (nSPS) is 29.2. The molecule has 0 saturated carbocycles. The fourth-order valence-corrected chi connectivity index (χ4v) is 2.33. The van der Waals surface area contributed by atoms with E-state index in [2.05, 4.69) is 48.7 Å². The van der Waals surface area contributed by atoms with Gasteiger partial charge in [-0.3, -0.25) is 0 Å². The van der Waals surface area contributed by atoms with Gasteiger partial charge in [0.1, 0.15) is 6.17 Å². The summed E-state index contributed by atoms with van der Waals surface area (Å²) < 4.78 is 13.7. The number of nitrogens with one attached hydrogen (secondary N) is 2. The minimum absolute atomic E-state index is 0.0300. The van der Waals surface area contributed by atoms with Crippen molar-refractivity contribution < 1.29 is 4.39 Å². The van der Waals surface area contributed by atoms with Crippen LogP contribution < -0.4 is 10.6 Å². The Morgan fingerprint density at radius 2 is 2.00 bits per heavy atom. The molecule has 0 spiro atoms. The van der Waals surface area contributed by atoms with E-state index in [-0.39, 0.29) is 6.04 Å². The molecule has 94 valence electrons. The van der Waals surface area contributed by atoms with Crippen molar-refractivity contribution in [1.82, 2.24) is 10.6 Å². The zero-order chi connectivity index (χ0) is 12.3. The topological polar surface area (TPSA) is 24.1 Å². The average Bonchev–Trinajstić information content (AvgIpc) is 2.31. The molecule has 1 heterocycles. The molecule has 1 saturated heterocycles. The molecule has 1 aromatic carbocycles. The van der Waals surface area contributed by atoms with Gasteiger partial charge in [0.2, 0.25) is 0 Å². The van der Waals surface area contributed by atoms with Crippen molar-refractivity contribution in [2.75, 3.05) is 13.1 Å². The van der Waals surface area contributed by atoms with Crippen molar-refractivity contribution in [1.29, 1.82) is 0 Å². The molecule has 2 N–H and O–H groups in total. The highest BCUT2D eigenvalue weighted by Gasteiger charge is 2.29. The summed E-state index contributed by atoms with van der Waals surface area (Å²) in [6, 6.07) is 8.35. The fraction of sp³-hybridized carbons (Fsp3) is 0.571. The predicted octanol–water partition coefficient (Wildman–Crippen LogP) is 2.03. The minimum Gasteiger partial charge on any atom is -0.313 e. The summed E-state index contributed by atoms with van der Waals surface area (Å²) in [5, 5.41) is 6.45. The number of piperidine rings is 1. The summed E-state index contributed by atoms with van der Waals surface area (Å²) in [7, 11) is 0. The lowest BCUT2D eigenvalue weighted by molar-refractivity contribution is 0.157. The molecule has 3 heteroatoms. The van der Waals surface area contributed by atoms with E-state index in [0.29, 0.717) is 12.5 Å². The van der Waals surface area contributed by atoms with Gasteiger partial charge < -0.3 is 10.6 Å². The fourth-order valence-electron chi connectivity index (χ4n) is 2.33. The Labute approximate surface area is 103 Å². The van der Waals surface area contributed by atoms with Gasteiger partial charge >= 0.3 is 0 Å². The molecule has 0 bridgehead atoms. The molecular formula is C14H21FN2. The Hall–Kier alpha value is -0.930. The Morgan fingerprint density at radius 3 is 2.65 bits per heavy atom. The van der Waals surface area contributed by atoms with Gasteiger partial charge in [-0.1, -0.05) is 36.8 Å². The number of rotatable bonds is 3. The van der Waals surface area contributed by atoms with Gasteiger partial charge in [0.15, 0.2) is 0 Å². The van der Waals surface area contributed by atoms with Crippen LogP contribution in [0.3, 0.4) is 0 Å². The van der Waals surface area contributed by atoms with Gasteiger partial charge in [0.25, 0.3) is 0 Å². The third-order valence-electron chi connectivity index (χ3n) is 3.47. The van der Waals surface area contributed by atoms with Crippen molar-refractivity contribution >= 4 is 0 Å². The Kier molecular flexibility index (Phi) is 4.13. The maximum Gasteiger partial charge on any atom is 0.128 e. The largest absolute Gasteiger partial charge is 0.313 e. The van der Waals surface area contributed by atoms with Crippen molar-refractivity contribution in [3.05, 3.63) is 35.4 Å². The summed E-state index contributed by atoms with van der Waals surface area (Å²) in [5.74, 6) is 0.337. The molecule has 0 aliphatic carbocycles. The van der Waals surface area contributed by atoms with Crippen molar-refractivity contribution in [2.24, 2.45) is 5.92 Å². The molecule has 1 aromatic rings. The van der Waals surface area contributed by atoms with E-state index in [1.165, 1.54) is 11.1 Å². The van der Waals surface area contributed by atoms with E-state index in [1.807, 2.05) is 0 Å². The van der Waals surface area contributed by atoms with E-state index < -0.39 is 6.17 Å². The molecule has 1 aliphatic heterocycles. The van der Waals surface area contributed by atoms with Crippen LogP contribution in [0.4, 0.5) is 4.39 Å². The second-order valence-electron chi connectivity index (χ2n) is 5.04. The van der Waals surface area contributed by atoms with Crippen LogP contribution >= 0.6 is 0 Å². The van der Waals surface area contributed by atoms with E-state index in [0.717, 1.165) is 13.1 Å². The standard InChI is InChI=1S/C14H21FN2/c1-10-3-5-12(6-4-10)8-17-14-11(2)7-16-9-13(14)15/h3-6,11,13-14,16-17H,7-9H2,1-2H3/t11-,13+,14?/m0/s1. The second-order valence-corrected chi connectivity index (χ2v) is 5.04. The molecule has 1 aliphatic rings. The summed E-state index contributed by atoms with van der Waals surface area (Å²) >= 11 is 0. The first-order valence-corrected chi connectivity index (χ1v) is 6.30. The van der Waals surface area contributed by atoms with E-state index in [1.54, 1.807) is 0 Å². The molecule has 1 fully saturated rings. The molecule has 0 radical (unpaired) electrons. The lowest BCUT2D eigenvalue weighted by Crippen LogP contribution is -2.54. The zero-order valence-corrected chi connectivity index (χ0v) is 10.5. The molecular weight excluding hydrogens is 215 g/mol. The molecule has 2 nitrogen and oxygen atoms in total. The quantitative estimate of drug-likeness (QED) is 0.839. The van der Waals surface area contributed by atoms with Crippen molar-refractivity contribution in [3.63, 3.8) is 0 Å². The highest BCUT2D eigenvalue weighted by atomic mass is 19.1. The number of halogens is 1. The van der Waals surface area contributed by atoms with Crippen LogP contribution in [0.25, 0.3) is 0 Å². The van der Waals surface area contributed by atoms with Crippen LogP contribution in [0.2, 0.25) is 0 Å². The highest BCUT2D eigenvalue weighted by molar-refractivity contribution is 5.21. The first-order valence-electron chi connectivity index (χ1n) is 6.30. The summed E-state index contributed by atoms with van der Waals surface area (Å²) in [6.07, 6.45) is -0.788. The number of hydrogen-bond donors (Lipinski definition) is 2. The van der Waals surface area contributed by atoms with Crippen LogP contribution in [-0.4, -0.2) is 25.3 Å². The number of hydrogen-bond acceptors (Lipinski definition) is 2. The monoisotopic (exact) mass is 236 g/mol. The maximum absolute atomic E-state index is 13.7. The van der Waals surface area contributed by atoms with E-state index >= 15 is 0 Å². The smallest absolute Gasteiger partial charge is 0.128 e. The number of alkyl halides is 1. The van der Waals surface area contributed by atoms with Crippen LogP contribution in [0.5, 0.6) is 0 Å². The number of aryl methyl sites for hydroxylation is 1. The summed E-state index contributed by atoms with van der Waals surface area (Å²) in [5.41, 5.74) is 2.47. The zero-order valence-electron chi connectivity index (χ0n) is 10.5. The second kappa shape index (κ2) is 5.61. The number of benzene rings is 1. The van der Waals surface area contributed by atoms with E-state index in [4.69, 9.17) is 0 Å². The Morgan fingerprint density at radius 1 is 1.29 bits per heavy atom. The van der Waals surface area contributed by atoms with Crippen LogP contribution in [0.15, 0.2) is 24.3 Å². The molecule has 0 aromatic heterocycles. The molecule has 17 heavy (non-hydrogen) atoms. The molecule has 1 unspecified atom stereocenters. The minimum atomic E-state index is -0.788. The Bertz CT molecular complexity index is 340. The first kappa shape index (κ1) is 12.5. The van der Waals surface area contributed by atoms with Gasteiger partial charge in [0.05, 0.1) is 0 Å². The first-order chi connectivity index (χ1) is 8.16. The average molecular weight is 236 g/mol. The van der Waals surface area contributed by atoms with Crippen LogP contribution in [0, 0.1) is 12.8 Å². The molecule has 0 amide bonds. The highest BCUT2D eigenvalue weighted by Crippen LogP contribution is 2.15. The van der Waals surface area contributed by atoms with Gasteiger partial charge in [-0.2, -0.15) is 0 Å². The Balaban J connectivity index is 1.90. The maximum atomic E-state index is 13.7. The summed E-state index contributed by atoms with van der Waals surface area (Å²) in [4.78, 5) is 0.